The fourth-order valence-corrected chi connectivity index (χ4v) is 3.18. The van der Waals surface area contributed by atoms with Gasteiger partial charge >= 0.3 is 0 Å². The minimum absolute atomic E-state index is 0.00853. The van der Waals surface area contributed by atoms with E-state index in [1.54, 1.807) is 0 Å². The molecule has 0 aliphatic heterocycles. The summed E-state index contributed by atoms with van der Waals surface area (Å²) in [5, 5.41) is 2.78. The fraction of sp³-hybridized carbons (Fsp3) is 0.500. The van der Waals surface area contributed by atoms with Crippen LogP contribution in [0.25, 0.3) is 0 Å². The number of nitrogens with one attached hydrogen (secondary N) is 1. The number of nitrogens with zero attached hydrogens (tertiary/aromatic N) is 1. The predicted octanol–water partition coefficient (Wildman–Crippen LogP) is 1.04. The number of rotatable bonds is 6. The van der Waals surface area contributed by atoms with Gasteiger partial charge < -0.3 is 5.32 Å². The summed E-state index contributed by atoms with van der Waals surface area (Å²) in [6, 6.07) is 7.80. The Kier molecular flexibility index (Phi) is 4.45. The van der Waals surface area contributed by atoms with Gasteiger partial charge in [-0.3, -0.25) is 4.79 Å². The van der Waals surface area contributed by atoms with Crippen LogP contribution in [0.15, 0.2) is 24.3 Å². The fourth-order valence-electron chi connectivity index (χ4n) is 2.08. The second kappa shape index (κ2) is 5.93. The molecule has 1 amide bonds. The molecule has 6 heteroatoms. The zero-order valence-corrected chi connectivity index (χ0v) is 12.6. The Morgan fingerprint density at radius 2 is 2.00 bits per heavy atom. The molecule has 5 nitrogen and oxygen atoms in total. The van der Waals surface area contributed by atoms with Crippen LogP contribution in [0.4, 0.5) is 0 Å². The molecule has 1 fully saturated rings. The normalized spacial score (nSPS) is 15.3. The van der Waals surface area contributed by atoms with Crippen molar-refractivity contribution in [2.75, 3.05) is 12.8 Å². The summed E-state index contributed by atoms with van der Waals surface area (Å²) in [6.45, 7) is 2.32. The molecule has 0 radical (unpaired) electrons. The second-order valence-electron chi connectivity index (χ2n) is 5.24. The van der Waals surface area contributed by atoms with Crippen LogP contribution in [0.1, 0.15) is 24.0 Å². The number of carbonyl (C=O) groups excluding carboxylic acids is 1. The third kappa shape index (κ3) is 4.05. The second-order valence-corrected chi connectivity index (χ2v) is 7.18. The minimum atomic E-state index is -3.32. The highest BCUT2D eigenvalue weighted by atomic mass is 32.2. The van der Waals surface area contributed by atoms with E-state index in [0.717, 1.165) is 30.2 Å². The Morgan fingerprint density at radius 1 is 1.35 bits per heavy atom. The van der Waals surface area contributed by atoms with Gasteiger partial charge in [0.25, 0.3) is 0 Å². The molecule has 0 spiro atoms. The van der Waals surface area contributed by atoms with Gasteiger partial charge in [-0.2, -0.15) is 4.31 Å². The number of hydrogen-bond donors (Lipinski definition) is 1. The Morgan fingerprint density at radius 3 is 2.55 bits per heavy atom. The Labute approximate surface area is 120 Å². The number of hydrogen-bond acceptors (Lipinski definition) is 3. The molecule has 1 N–H and O–H groups in total. The lowest BCUT2D eigenvalue weighted by Crippen LogP contribution is -2.41. The number of sulfonamides is 1. The first-order chi connectivity index (χ1) is 9.38. The van der Waals surface area contributed by atoms with Gasteiger partial charge in [0.05, 0.1) is 12.8 Å². The number of amides is 1. The summed E-state index contributed by atoms with van der Waals surface area (Å²) in [5.41, 5.74) is 2.15. The lowest BCUT2D eigenvalue weighted by molar-refractivity contribution is -0.121. The molecule has 1 saturated carbocycles. The Balaban J connectivity index is 1.91. The van der Waals surface area contributed by atoms with Crippen molar-refractivity contribution < 1.29 is 13.2 Å². The van der Waals surface area contributed by atoms with Crippen molar-refractivity contribution in [1.29, 1.82) is 0 Å². The molecule has 110 valence electrons. The van der Waals surface area contributed by atoms with E-state index in [2.05, 4.69) is 5.32 Å². The third-order valence-corrected chi connectivity index (χ3v) is 4.70. The first kappa shape index (κ1) is 15.0. The Bertz CT molecular complexity index is 594. The average molecular weight is 296 g/mol. The summed E-state index contributed by atoms with van der Waals surface area (Å²) in [7, 11) is -3.32. The molecule has 0 saturated heterocycles. The highest BCUT2D eigenvalue weighted by Gasteiger charge is 2.36. The van der Waals surface area contributed by atoms with Gasteiger partial charge in [0.1, 0.15) is 0 Å². The summed E-state index contributed by atoms with van der Waals surface area (Å²) < 4.78 is 24.5. The Hall–Kier alpha value is -1.40. The molecule has 1 aliphatic carbocycles. The largest absolute Gasteiger partial charge is 0.351 e. The highest BCUT2D eigenvalue weighted by molar-refractivity contribution is 7.88. The van der Waals surface area contributed by atoms with Crippen molar-refractivity contribution in [3.05, 3.63) is 35.4 Å². The molecule has 1 aliphatic rings. The zero-order chi connectivity index (χ0) is 14.8. The standard InChI is InChI=1S/C14H20N2O3S/c1-11-5-3-4-6-12(11)9-15-14(17)10-16(13-7-8-13)20(2,18)19/h3-6,13H,7-10H2,1-2H3,(H,15,17). The van der Waals surface area contributed by atoms with Gasteiger partial charge in [0.15, 0.2) is 0 Å². The van der Waals surface area contributed by atoms with Gasteiger partial charge in [0, 0.05) is 12.6 Å². The van der Waals surface area contributed by atoms with Crippen LogP contribution in [0.2, 0.25) is 0 Å². The van der Waals surface area contributed by atoms with E-state index in [4.69, 9.17) is 0 Å². The topological polar surface area (TPSA) is 66.5 Å². The monoisotopic (exact) mass is 296 g/mol. The first-order valence-electron chi connectivity index (χ1n) is 6.66. The van der Waals surface area contributed by atoms with E-state index in [9.17, 15) is 13.2 Å². The zero-order valence-electron chi connectivity index (χ0n) is 11.8. The van der Waals surface area contributed by atoms with E-state index in [-0.39, 0.29) is 18.5 Å². The third-order valence-electron chi connectivity index (χ3n) is 3.42. The molecule has 0 bridgehead atoms. The SMILES string of the molecule is Cc1ccccc1CNC(=O)CN(C1CC1)S(C)(=O)=O. The van der Waals surface area contributed by atoms with Gasteiger partial charge in [-0.15, -0.1) is 0 Å². The molecule has 1 aromatic carbocycles. The van der Waals surface area contributed by atoms with Crippen LogP contribution in [-0.4, -0.2) is 37.5 Å². The average Bonchev–Trinajstić information content (AvgIpc) is 3.18. The first-order valence-corrected chi connectivity index (χ1v) is 8.51. The van der Waals surface area contributed by atoms with Crippen molar-refractivity contribution in [1.82, 2.24) is 9.62 Å². The van der Waals surface area contributed by atoms with Crippen LogP contribution < -0.4 is 5.32 Å². The number of benzene rings is 1. The van der Waals surface area contributed by atoms with Crippen molar-refractivity contribution in [3.63, 3.8) is 0 Å². The molecule has 0 aromatic heterocycles. The van der Waals surface area contributed by atoms with Crippen LogP contribution in [0, 0.1) is 6.92 Å². The van der Waals surface area contributed by atoms with Crippen LogP contribution in [0.5, 0.6) is 0 Å². The van der Waals surface area contributed by atoms with E-state index < -0.39 is 10.0 Å². The maximum absolute atomic E-state index is 11.9. The molecular formula is C14H20N2O3S. The maximum atomic E-state index is 11.9. The molecule has 2 rings (SSSR count). The summed E-state index contributed by atoms with van der Waals surface area (Å²) in [6.07, 6.45) is 2.84. The molecule has 1 aromatic rings. The lowest BCUT2D eigenvalue weighted by atomic mass is 10.1. The minimum Gasteiger partial charge on any atom is -0.351 e. The molecule has 0 atom stereocenters. The smallest absolute Gasteiger partial charge is 0.235 e. The van der Waals surface area contributed by atoms with E-state index in [0.29, 0.717) is 6.54 Å². The molecular weight excluding hydrogens is 276 g/mol. The van der Waals surface area contributed by atoms with Gasteiger partial charge in [0.2, 0.25) is 15.9 Å². The van der Waals surface area contributed by atoms with Crippen LogP contribution in [-0.2, 0) is 21.4 Å². The van der Waals surface area contributed by atoms with Crippen molar-refractivity contribution in [2.45, 2.75) is 32.4 Å². The number of carbonyl (C=O) groups is 1. The van der Waals surface area contributed by atoms with E-state index >= 15 is 0 Å². The summed E-state index contributed by atoms with van der Waals surface area (Å²) >= 11 is 0. The molecule has 0 heterocycles. The summed E-state index contributed by atoms with van der Waals surface area (Å²) in [5.74, 6) is -0.259. The quantitative estimate of drug-likeness (QED) is 0.853. The lowest BCUT2D eigenvalue weighted by Gasteiger charge is -2.18. The number of aryl methyl sites for hydroxylation is 1. The van der Waals surface area contributed by atoms with Crippen molar-refractivity contribution >= 4 is 15.9 Å². The maximum Gasteiger partial charge on any atom is 0.235 e. The van der Waals surface area contributed by atoms with Gasteiger partial charge in [-0.25, -0.2) is 8.42 Å². The van der Waals surface area contributed by atoms with Crippen LogP contribution >= 0.6 is 0 Å². The van der Waals surface area contributed by atoms with Crippen LogP contribution in [0.3, 0.4) is 0 Å². The highest BCUT2D eigenvalue weighted by Crippen LogP contribution is 2.28. The predicted molar refractivity (Wildman–Crippen MR) is 77.6 cm³/mol. The summed E-state index contributed by atoms with van der Waals surface area (Å²) in [4.78, 5) is 11.9. The van der Waals surface area contributed by atoms with Gasteiger partial charge in [-0.1, -0.05) is 24.3 Å². The van der Waals surface area contributed by atoms with Crippen molar-refractivity contribution in [2.24, 2.45) is 0 Å². The molecule has 20 heavy (non-hydrogen) atoms. The van der Waals surface area contributed by atoms with E-state index in [1.165, 1.54) is 4.31 Å². The van der Waals surface area contributed by atoms with E-state index in [1.807, 2.05) is 31.2 Å². The van der Waals surface area contributed by atoms with Gasteiger partial charge in [-0.05, 0) is 30.9 Å². The van der Waals surface area contributed by atoms with Crippen molar-refractivity contribution in [3.8, 4) is 0 Å². The molecule has 0 unspecified atom stereocenters.